The first-order valence-electron chi connectivity index (χ1n) is 7.19. The summed E-state index contributed by atoms with van der Waals surface area (Å²) in [4.78, 5) is 20.4. The molecule has 0 fully saturated rings. The number of azo groups is 1. The fraction of sp³-hybridized carbons (Fsp3) is 0.0667. The van der Waals surface area contributed by atoms with Crippen molar-refractivity contribution < 1.29 is 20.1 Å². The van der Waals surface area contributed by atoms with Crippen LogP contribution in [0, 0.1) is 20.2 Å². The van der Waals surface area contributed by atoms with Crippen LogP contribution < -0.4 is 0 Å². The zero-order valence-corrected chi connectivity index (χ0v) is 13.0. The van der Waals surface area contributed by atoms with Crippen LogP contribution in [0.25, 0.3) is 10.8 Å². The Morgan fingerprint density at radius 3 is 2.31 bits per heavy atom. The Labute approximate surface area is 144 Å². The number of aliphatic hydroxyl groups is 1. The van der Waals surface area contributed by atoms with Gasteiger partial charge in [-0.1, -0.05) is 18.2 Å². The molecule has 0 saturated carbocycles. The first-order chi connectivity index (χ1) is 12.4. The maximum atomic E-state index is 11.1. The number of hydrogen-bond donors (Lipinski definition) is 2. The summed E-state index contributed by atoms with van der Waals surface area (Å²) in [6.45, 7) is -0.586. The minimum Gasteiger partial charge on any atom is -0.494 e. The molecule has 11 heteroatoms. The van der Waals surface area contributed by atoms with E-state index in [2.05, 4.69) is 10.2 Å². The van der Waals surface area contributed by atoms with Crippen molar-refractivity contribution in [3.63, 3.8) is 0 Å². The van der Waals surface area contributed by atoms with Crippen molar-refractivity contribution in [3.05, 3.63) is 62.7 Å². The molecule has 0 atom stereocenters. The number of nitro benzene ring substituents is 2. The number of nitrogens with zero attached hydrogens (tertiary/aromatic N) is 5. The molecule has 132 valence electrons. The maximum absolute atomic E-state index is 11.1. The number of non-ortho nitro benzene ring substituents is 1. The van der Waals surface area contributed by atoms with Gasteiger partial charge in [0, 0.05) is 16.8 Å². The Bertz CT molecular complexity index is 1060. The number of aromatic hydroxyl groups is 1. The predicted molar refractivity (Wildman–Crippen MR) is 89.7 cm³/mol. The highest BCUT2D eigenvalue weighted by Gasteiger charge is 2.20. The van der Waals surface area contributed by atoms with E-state index in [0.29, 0.717) is 10.8 Å². The monoisotopic (exact) mass is 357 g/mol. The fourth-order valence-electron chi connectivity index (χ4n) is 2.46. The van der Waals surface area contributed by atoms with E-state index >= 15 is 0 Å². The molecule has 1 heterocycles. The van der Waals surface area contributed by atoms with Crippen LogP contribution >= 0.6 is 0 Å². The second-order valence-corrected chi connectivity index (χ2v) is 5.15. The molecule has 26 heavy (non-hydrogen) atoms. The van der Waals surface area contributed by atoms with Gasteiger partial charge in [-0.25, -0.2) is 0 Å². The number of rotatable bonds is 5. The lowest BCUT2D eigenvalue weighted by molar-refractivity contribution is -0.393. The van der Waals surface area contributed by atoms with E-state index < -0.39 is 28.0 Å². The highest BCUT2D eigenvalue weighted by atomic mass is 16.6. The Hall–Kier alpha value is -3.86. The molecule has 1 aromatic heterocycles. The molecule has 3 aromatic rings. The number of nitro groups is 2. The van der Waals surface area contributed by atoms with E-state index in [1.807, 2.05) is 0 Å². The van der Waals surface area contributed by atoms with Gasteiger partial charge in [0.2, 0.25) is 5.88 Å². The summed E-state index contributed by atoms with van der Waals surface area (Å²) in [5.74, 6) is -0.136. The fourth-order valence-corrected chi connectivity index (χ4v) is 2.46. The lowest BCUT2D eigenvalue weighted by atomic mass is 10.2. The first kappa shape index (κ1) is 17.0. The third-order valence-electron chi connectivity index (χ3n) is 3.68. The van der Waals surface area contributed by atoms with Crippen molar-refractivity contribution in [2.45, 2.75) is 6.73 Å². The molecule has 3 rings (SSSR count). The van der Waals surface area contributed by atoms with E-state index in [-0.39, 0.29) is 17.4 Å². The average molecular weight is 357 g/mol. The van der Waals surface area contributed by atoms with E-state index in [9.17, 15) is 30.4 Å². The van der Waals surface area contributed by atoms with Crippen molar-refractivity contribution >= 4 is 33.7 Å². The standard InChI is InChI=1S/C15H11N5O6/c21-8-18-14(10-3-1-2-4-11(10)15(18)22)17-16-12-6-5-9(19(23)24)7-13(12)20(25)26/h1-7,21-22H,8H2. The van der Waals surface area contributed by atoms with Gasteiger partial charge in [-0.3, -0.25) is 24.8 Å². The number of aromatic nitrogens is 1. The molecule has 0 amide bonds. The highest BCUT2D eigenvalue weighted by molar-refractivity contribution is 5.96. The van der Waals surface area contributed by atoms with Gasteiger partial charge in [-0.15, -0.1) is 10.2 Å². The maximum Gasteiger partial charge on any atom is 0.303 e. The molecular formula is C15H11N5O6. The molecule has 0 aliphatic heterocycles. The van der Waals surface area contributed by atoms with E-state index in [0.717, 1.165) is 22.8 Å². The van der Waals surface area contributed by atoms with Gasteiger partial charge in [0.05, 0.1) is 15.9 Å². The number of benzene rings is 2. The quantitative estimate of drug-likeness (QED) is 0.404. The molecular weight excluding hydrogens is 346 g/mol. The SMILES string of the molecule is O=[N+]([O-])c1ccc(N=Nc2c3ccccc3c(O)n2CO)c([N+](=O)[O-])c1. The van der Waals surface area contributed by atoms with Gasteiger partial charge in [0.15, 0.2) is 11.5 Å². The van der Waals surface area contributed by atoms with E-state index in [1.165, 1.54) is 0 Å². The van der Waals surface area contributed by atoms with Gasteiger partial charge in [0.25, 0.3) is 5.69 Å². The van der Waals surface area contributed by atoms with E-state index in [4.69, 9.17) is 0 Å². The summed E-state index contributed by atoms with van der Waals surface area (Å²) in [6.07, 6.45) is 0. The summed E-state index contributed by atoms with van der Waals surface area (Å²) in [6, 6.07) is 9.60. The first-order valence-corrected chi connectivity index (χ1v) is 7.19. The summed E-state index contributed by atoms with van der Waals surface area (Å²) in [7, 11) is 0. The summed E-state index contributed by atoms with van der Waals surface area (Å²) in [5.41, 5.74) is -1.23. The molecule has 0 spiro atoms. The minimum absolute atomic E-state index is 0.0910. The van der Waals surface area contributed by atoms with Gasteiger partial charge in [-0.05, 0) is 12.1 Å². The molecule has 0 saturated heterocycles. The Balaban J connectivity index is 2.13. The van der Waals surface area contributed by atoms with Crippen LogP contribution in [0.4, 0.5) is 22.9 Å². The molecule has 11 nitrogen and oxygen atoms in total. The van der Waals surface area contributed by atoms with Gasteiger partial charge < -0.3 is 10.2 Å². The van der Waals surface area contributed by atoms with E-state index in [1.54, 1.807) is 24.3 Å². The van der Waals surface area contributed by atoms with Crippen LogP contribution in [-0.4, -0.2) is 24.6 Å². The predicted octanol–water partition coefficient (Wildman–Crippen LogP) is 3.53. The third-order valence-corrected chi connectivity index (χ3v) is 3.68. The second-order valence-electron chi connectivity index (χ2n) is 5.15. The Morgan fingerprint density at radius 2 is 1.69 bits per heavy atom. The van der Waals surface area contributed by atoms with Crippen molar-refractivity contribution in [1.29, 1.82) is 0 Å². The van der Waals surface area contributed by atoms with Gasteiger partial charge in [-0.2, -0.15) is 0 Å². The van der Waals surface area contributed by atoms with Crippen LogP contribution in [0.15, 0.2) is 52.7 Å². The smallest absolute Gasteiger partial charge is 0.303 e. The molecule has 2 aromatic carbocycles. The molecule has 2 N–H and O–H groups in total. The highest BCUT2D eigenvalue weighted by Crippen LogP contribution is 2.38. The molecule has 0 unspecified atom stereocenters. The van der Waals surface area contributed by atoms with Crippen molar-refractivity contribution in [2.75, 3.05) is 0 Å². The Morgan fingerprint density at radius 1 is 1.00 bits per heavy atom. The van der Waals surface area contributed by atoms with Crippen molar-refractivity contribution in [2.24, 2.45) is 10.2 Å². The summed E-state index contributed by atoms with van der Waals surface area (Å²) >= 11 is 0. The molecule has 0 aliphatic carbocycles. The number of aliphatic hydroxyl groups excluding tert-OH is 1. The van der Waals surface area contributed by atoms with Crippen LogP contribution in [0.5, 0.6) is 5.88 Å². The Kier molecular flexibility index (Phi) is 4.29. The summed E-state index contributed by atoms with van der Waals surface area (Å²) in [5, 5.41) is 50.1. The van der Waals surface area contributed by atoms with Crippen molar-refractivity contribution in [3.8, 4) is 5.88 Å². The third kappa shape index (κ3) is 2.82. The zero-order valence-electron chi connectivity index (χ0n) is 13.0. The summed E-state index contributed by atoms with van der Waals surface area (Å²) < 4.78 is 1.07. The van der Waals surface area contributed by atoms with Crippen LogP contribution in [-0.2, 0) is 6.73 Å². The normalized spacial score (nSPS) is 11.3. The second kappa shape index (κ2) is 6.57. The molecule has 0 aliphatic rings. The lowest BCUT2D eigenvalue weighted by Crippen LogP contribution is -1.94. The topological polar surface area (TPSA) is 156 Å². The van der Waals surface area contributed by atoms with Crippen LogP contribution in [0.1, 0.15) is 0 Å². The lowest BCUT2D eigenvalue weighted by Gasteiger charge is -2.02. The zero-order chi connectivity index (χ0) is 18.8. The number of fused-ring (bicyclic) bond motifs is 1. The van der Waals surface area contributed by atoms with Crippen LogP contribution in [0.3, 0.4) is 0 Å². The molecule has 0 bridgehead atoms. The van der Waals surface area contributed by atoms with Gasteiger partial charge in [0.1, 0.15) is 6.73 Å². The largest absolute Gasteiger partial charge is 0.494 e. The average Bonchev–Trinajstić information content (AvgIpc) is 2.91. The van der Waals surface area contributed by atoms with Gasteiger partial charge >= 0.3 is 5.69 Å². The van der Waals surface area contributed by atoms with Crippen molar-refractivity contribution in [1.82, 2.24) is 4.57 Å². The molecule has 0 radical (unpaired) electrons. The minimum atomic E-state index is -0.804. The van der Waals surface area contributed by atoms with Crippen LogP contribution in [0.2, 0.25) is 0 Å². The number of hydrogen-bond acceptors (Lipinski definition) is 8.